The van der Waals surface area contributed by atoms with Gasteiger partial charge in [0.25, 0.3) is 0 Å². The van der Waals surface area contributed by atoms with Crippen molar-refractivity contribution in [3.05, 3.63) is 35.4 Å². The van der Waals surface area contributed by atoms with Crippen molar-refractivity contribution >= 4 is 0 Å². The topological polar surface area (TPSA) is 35.8 Å². The van der Waals surface area contributed by atoms with Crippen LogP contribution in [0.3, 0.4) is 0 Å². The van der Waals surface area contributed by atoms with Crippen LogP contribution in [0.25, 0.3) is 0 Å². The first-order chi connectivity index (χ1) is 9.19. The van der Waals surface area contributed by atoms with Crippen LogP contribution in [0, 0.1) is 17.2 Å². The monoisotopic (exact) mass is 256 g/mol. The molecule has 1 aliphatic carbocycles. The summed E-state index contributed by atoms with van der Waals surface area (Å²) in [6.45, 7) is 4.59. The van der Waals surface area contributed by atoms with Crippen molar-refractivity contribution in [3.63, 3.8) is 0 Å². The van der Waals surface area contributed by atoms with E-state index in [0.29, 0.717) is 12.1 Å². The number of nitrogens with one attached hydrogen (secondary N) is 1. The quantitative estimate of drug-likeness (QED) is 0.824. The molecule has 0 spiro atoms. The fraction of sp³-hybridized carbons (Fsp3) is 0.588. The Morgan fingerprint density at radius 1 is 1.16 bits per heavy atom. The fourth-order valence-electron chi connectivity index (χ4n) is 2.95. The Bertz CT molecular complexity index is 430. The zero-order valence-corrected chi connectivity index (χ0v) is 12.0. The molecule has 1 saturated carbocycles. The lowest BCUT2D eigenvalue weighted by atomic mass is 10.0. The number of hydrogen-bond acceptors (Lipinski definition) is 2. The maximum Gasteiger partial charge on any atom is 0.0991 e. The molecule has 1 N–H and O–H groups in total. The Balaban J connectivity index is 1.92. The smallest absolute Gasteiger partial charge is 0.0991 e. The molecule has 0 amide bonds. The van der Waals surface area contributed by atoms with E-state index in [0.717, 1.165) is 11.5 Å². The van der Waals surface area contributed by atoms with Gasteiger partial charge in [0.15, 0.2) is 0 Å². The van der Waals surface area contributed by atoms with E-state index in [4.69, 9.17) is 5.26 Å². The van der Waals surface area contributed by atoms with Gasteiger partial charge in [0.1, 0.15) is 0 Å². The van der Waals surface area contributed by atoms with Crippen LogP contribution in [-0.2, 0) is 0 Å². The summed E-state index contributed by atoms with van der Waals surface area (Å²) in [5, 5.41) is 12.6. The lowest BCUT2D eigenvalue weighted by Gasteiger charge is -2.22. The second-order valence-corrected chi connectivity index (χ2v) is 5.93. The minimum atomic E-state index is 0.367. The molecule has 0 saturated heterocycles. The highest BCUT2D eigenvalue weighted by atomic mass is 14.9. The summed E-state index contributed by atoms with van der Waals surface area (Å²) in [4.78, 5) is 0. The number of rotatable bonds is 3. The van der Waals surface area contributed by atoms with E-state index in [-0.39, 0.29) is 0 Å². The van der Waals surface area contributed by atoms with Crippen molar-refractivity contribution in [3.8, 4) is 6.07 Å². The molecule has 1 fully saturated rings. The molecule has 0 aliphatic heterocycles. The summed E-state index contributed by atoms with van der Waals surface area (Å²) in [6, 6.07) is 11.1. The SMILES string of the molecule is CC1CCCC(NC(C)c2ccc(C#N)cc2)CC1. The third-order valence-corrected chi connectivity index (χ3v) is 4.28. The van der Waals surface area contributed by atoms with Crippen LogP contribution in [0.5, 0.6) is 0 Å². The van der Waals surface area contributed by atoms with Gasteiger partial charge in [0.05, 0.1) is 11.6 Å². The van der Waals surface area contributed by atoms with Crippen LogP contribution < -0.4 is 5.32 Å². The standard InChI is InChI=1S/C17H24N2/c1-13-4-3-5-17(11-6-13)19-14(2)16-9-7-15(12-18)8-10-16/h7-10,13-14,17,19H,3-6,11H2,1-2H3. The van der Waals surface area contributed by atoms with Crippen LogP contribution in [-0.4, -0.2) is 6.04 Å². The van der Waals surface area contributed by atoms with Crippen molar-refractivity contribution < 1.29 is 0 Å². The molecule has 2 heteroatoms. The van der Waals surface area contributed by atoms with Crippen molar-refractivity contribution in [2.24, 2.45) is 5.92 Å². The van der Waals surface area contributed by atoms with Crippen LogP contribution in [0.15, 0.2) is 24.3 Å². The summed E-state index contributed by atoms with van der Waals surface area (Å²) in [5.74, 6) is 0.886. The van der Waals surface area contributed by atoms with Crippen molar-refractivity contribution in [1.29, 1.82) is 5.26 Å². The second-order valence-electron chi connectivity index (χ2n) is 5.93. The summed E-state index contributed by atoms with van der Waals surface area (Å²) in [6.07, 6.45) is 6.66. The van der Waals surface area contributed by atoms with Crippen LogP contribution in [0.4, 0.5) is 0 Å². The van der Waals surface area contributed by atoms with Gasteiger partial charge in [-0.05, 0) is 49.8 Å². The molecule has 3 atom stereocenters. The zero-order valence-electron chi connectivity index (χ0n) is 12.0. The minimum Gasteiger partial charge on any atom is -0.307 e. The molecular formula is C17H24N2. The van der Waals surface area contributed by atoms with Gasteiger partial charge in [-0.15, -0.1) is 0 Å². The van der Waals surface area contributed by atoms with Gasteiger partial charge >= 0.3 is 0 Å². The number of nitrogens with zero attached hydrogens (tertiary/aromatic N) is 1. The van der Waals surface area contributed by atoms with Crippen LogP contribution >= 0.6 is 0 Å². The fourth-order valence-corrected chi connectivity index (χ4v) is 2.95. The number of benzene rings is 1. The molecule has 0 aromatic heterocycles. The summed E-state index contributed by atoms with van der Waals surface area (Å²) < 4.78 is 0. The van der Waals surface area contributed by atoms with Crippen LogP contribution in [0.2, 0.25) is 0 Å². The average molecular weight is 256 g/mol. The van der Waals surface area contributed by atoms with Crippen molar-refractivity contribution in [2.45, 2.75) is 58.0 Å². The maximum atomic E-state index is 8.82. The predicted molar refractivity (Wildman–Crippen MR) is 78.7 cm³/mol. The van der Waals surface area contributed by atoms with Gasteiger partial charge in [0, 0.05) is 12.1 Å². The Hall–Kier alpha value is -1.33. The molecule has 1 aromatic carbocycles. The summed E-state index contributed by atoms with van der Waals surface area (Å²) in [7, 11) is 0. The van der Waals surface area contributed by atoms with Gasteiger partial charge in [0.2, 0.25) is 0 Å². The lowest BCUT2D eigenvalue weighted by Crippen LogP contribution is -2.31. The zero-order chi connectivity index (χ0) is 13.7. The van der Waals surface area contributed by atoms with Gasteiger partial charge in [-0.25, -0.2) is 0 Å². The molecule has 1 aliphatic rings. The molecule has 0 bridgehead atoms. The van der Waals surface area contributed by atoms with Crippen molar-refractivity contribution in [1.82, 2.24) is 5.32 Å². The Kier molecular flexibility index (Phi) is 4.99. The van der Waals surface area contributed by atoms with E-state index in [1.165, 1.54) is 37.7 Å². The van der Waals surface area contributed by atoms with E-state index in [1.54, 1.807) is 0 Å². The maximum absolute atomic E-state index is 8.82. The van der Waals surface area contributed by atoms with E-state index in [9.17, 15) is 0 Å². The van der Waals surface area contributed by atoms with Crippen molar-refractivity contribution in [2.75, 3.05) is 0 Å². The first-order valence-corrected chi connectivity index (χ1v) is 7.45. The molecule has 0 heterocycles. The van der Waals surface area contributed by atoms with Gasteiger partial charge in [-0.2, -0.15) is 5.26 Å². The molecule has 19 heavy (non-hydrogen) atoms. The van der Waals surface area contributed by atoms with E-state index < -0.39 is 0 Å². The highest BCUT2D eigenvalue weighted by Crippen LogP contribution is 2.24. The Morgan fingerprint density at radius 3 is 2.58 bits per heavy atom. The lowest BCUT2D eigenvalue weighted by molar-refractivity contribution is 0.408. The third-order valence-electron chi connectivity index (χ3n) is 4.28. The molecular weight excluding hydrogens is 232 g/mol. The first kappa shape index (κ1) is 14.1. The molecule has 2 rings (SSSR count). The molecule has 2 nitrogen and oxygen atoms in total. The largest absolute Gasteiger partial charge is 0.307 e. The summed E-state index contributed by atoms with van der Waals surface area (Å²) >= 11 is 0. The van der Waals surface area contributed by atoms with E-state index >= 15 is 0 Å². The predicted octanol–water partition coefficient (Wildman–Crippen LogP) is 4.18. The molecule has 102 valence electrons. The average Bonchev–Trinajstić information content (AvgIpc) is 2.64. The molecule has 3 unspecified atom stereocenters. The van der Waals surface area contributed by atoms with E-state index in [1.807, 2.05) is 12.1 Å². The summed E-state index contributed by atoms with van der Waals surface area (Å²) in [5.41, 5.74) is 2.01. The van der Waals surface area contributed by atoms with Gasteiger partial charge in [-0.3, -0.25) is 0 Å². The number of hydrogen-bond donors (Lipinski definition) is 1. The molecule has 1 aromatic rings. The van der Waals surface area contributed by atoms with Gasteiger partial charge in [-0.1, -0.05) is 31.9 Å². The second kappa shape index (κ2) is 6.73. The van der Waals surface area contributed by atoms with Crippen LogP contribution in [0.1, 0.15) is 63.1 Å². The minimum absolute atomic E-state index is 0.367. The number of nitriles is 1. The Morgan fingerprint density at radius 2 is 1.89 bits per heavy atom. The molecule has 0 radical (unpaired) electrons. The first-order valence-electron chi connectivity index (χ1n) is 7.45. The highest BCUT2D eigenvalue weighted by molar-refractivity contribution is 5.32. The third kappa shape index (κ3) is 4.08. The Labute approximate surface area is 116 Å². The van der Waals surface area contributed by atoms with E-state index in [2.05, 4.69) is 37.4 Å². The van der Waals surface area contributed by atoms with Gasteiger partial charge < -0.3 is 5.32 Å². The highest BCUT2D eigenvalue weighted by Gasteiger charge is 2.18. The normalized spacial score (nSPS) is 25.3.